The van der Waals surface area contributed by atoms with E-state index in [4.69, 9.17) is 4.74 Å². The smallest absolute Gasteiger partial charge is 0.320 e. The molecule has 2 saturated heterocycles. The van der Waals surface area contributed by atoms with E-state index in [1.165, 1.54) is 0 Å². The molecule has 3 aliphatic rings. The zero-order chi connectivity index (χ0) is 23.8. The normalized spacial score (nSPS) is 24.5. The first-order valence-corrected chi connectivity index (χ1v) is 11.7. The number of fused-ring (bicyclic) bond motifs is 3. The first-order chi connectivity index (χ1) is 16.4. The Labute approximate surface area is 203 Å². The summed E-state index contributed by atoms with van der Waals surface area (Å²) in [5.74, 6) is -4.75. The number of hydrogen-bond donors (Lipinski definition) is 0. The van der Waals surface area contributed by atoms with Crippen LogP contribution in [0, 0.1) is 18.8 Å². The Morgan fingerprint density at radius 3 is 1.97 bits per heavy atom. The highest BCUT2D eigenvalue weighted by molar-refractivity contribution is 9.10. The average Bonchev–Trinajstić information content (AvgIpc) is 3.39. The Bertz CT molecular complexity index is 1360. The highest BCUT2D eigenvalue weighted by Gasteiger charge is 2.76. The molecule has 1 aliphatic carbocycles. The molecule has 0 amide bonds. The van der Waals surface area contributed by atoms with Gasteiger partial charge in [-0.2, -0.15) is 0 Å². The van der Waals surface area contributed by atoms with E-state index in [0.29, 0.717) is 5.69 Å². The minimum atomic E-state index is -1.90. The van der Waals surface area contributed by atoms with Crippen LogP contribution in [0.2, 0.25) is 0 Å². The molecule has 1 spiro atoms. The molecule has 0 N–H and O–H groups in total. The second-order valence-electron chi connectivity index (χ2n) is 8.92. The molecule has 6 nitrogen and oxygen atoms in total. The van der Waals surface area contributed by atoms with E-state index in [0.717, 1.165) is 15.6 Å². The van der Waals surface area contributed by atoms with Crippen molar-refractivity contribution in [1.29, 1.82) is 0 Å². The largest absolute Gasteiger partial charge is 0.393 e. The van der Waals surface area contributed by atoms with Crippen molar-refractivity contribution in [3.05, 3.63) is 99.5 Å². The Morgan fingerprint density at radius 1 is 0.794 bits per heavy atom. The van der Waals surface area contributed by atoms with Crippen LogP contribution >= 0.6 is 15.9 Å². The van der Waals surface area contributed by atoms with E-state index in [2.05, 4.69) is 15.9 Å². The third-order valence-corrected chi connectivity index (χ3v) is 7.70. The number of carbonyl (C=O) groups excluding carboxylic acids is 4. The molecule has 7 heteroatoms. The van der Waals surface area contributed by atoms with Gasteiger partial charge in [0, 0.05) is 21.3 Å². The van der Waals surface area contributed by atoms with E-state index in [-0.39, 0.29) is 11.1 Å². The fraction of sp³-hybridized carbons (Fsp3) is 0.185. The lowest BCUT2D eigenvalue weighted by atomic mass is 9.76. The van der Waals surface area contributed by atoms with Gasteiger partial charge in [-0.1, -0.05) is 70.0 Å². The van der Waals surface area contributed by atoms with Crippen LogP contribution in [-0.2, 0) is 14.3 Å². The Kier molecular flexibility index (Phi) is 4.45. The van der Waals surface area contributed by atoms with Gasteiger partial charge in [0.1, 0.15) is 5.92 Å². The molecular formula is C27H18BrNO5. The van der Waals surface area contributed by atoms with Crippen LogP contribution in [0.4, 0.5) is 5.69 Å². The summed E-state index contributed by atoms with van der Waals surface area (Å²) in [5, 5.41) is 0. The lowest BCUT2D eigenvalue weighted by molar-refractivity contribution is -0.154. The maximum atomic E-state index is 14.1. The number of cyclic esters (lactones) is 2. The SMILES string of the molecule is Cc1ccc([C@H]2[C@@H]3C(=O)OC(=O)[C@@H]3C3(C(=O)c4ccccc4C3=O)N2c2ccc(Br)cc2)cc1. The van der Waals surface area contributed by atoms with Crippen molar-refractivity contribution in [2.75, 3.05) is 4.90 Å². The number of hydrogen-bond acceptors (Lipinski definition) is 6. The van der Waals surface area contributed by atoms with Gasteiger partial charge in [0.05, 0.1) is 12.0 Å². The monoisotopic (exact) mass is 515 g/mol. The van der Waals surface area contributed by atoms with Gasteiger partial charge < -0.3 is 9.64 Å². The van der Waals surface area contributed by atoms with Crippen LogP contribution in [0.25, 0.3) is 0 Å². The van der Waals surface area contributed by atoms with Gasteiger partial charge in [-0.15, -0.1) is 0 Å². The van der Waals surface area contributed by atoms with Crippen LogP contribution in [0.5, 0.6) is 0 Å². The van der Waals surface area contributed by atoms with Gasteiger partial charge in [-0.25, -0.2) is 0 Å². The molecule has 0 radical (unpaired) electrons. The van der Waals surface area contributed by atoms with Crippen molar-refractivity contribution in [3.8, 4) is 0 Å². The van der Waals surface area contributed by atoms with Gasteiger partial charge in [0.15, 0.2) is 17.1 Å². The van der Waals surface area contributed by atoms with Gasteiger partial charge in [-0.05, 0) is 36.8 Å². The number of Topliss-reactive ketones (excluding diaryl/α,β-unsaturated/α-hetero) is 2. The Balaban J connectivity index is 1.68. The van der Waals surface area contributed by atoms with E-state index in [1.54, 1.807) is 53.4 Å². The number of rotatable bonds is 2. The fourth-order valence-corrected chi connectivity index (χ4v) is 6.03. The third-order valence-electron chi connectivity index (χ3n) is 7.17. The predicted molar refractivity (Wildman–Crippen MR) is 126 cm³/mol. The zero-order valence-electron chi connectivity index (χ0n) is 18.0. The minimum absolute atomic E-state index is 0.255. The van der Waals surface area contributed by atoms with Crippen molar-refractivity contribution in [2.45, 2.75) is 18.5 Å². The van der Waals surface area contributed by atoms with Crippen LogP contribution < -0.4 is 4.90 Å². The molecule has 0 bridgehead atoms. The van der Waals surface area contributed by atoms with Crippen molar-refractivity contribution < 1.29 is 23.9 Å². The van der Waals surface area contributed by atoms with Gasteiger partial charge in [0.25, 0.3) is 0 Å². The molecule has 2 heterocycles. The summed E-state index contributed by atoms with van der Waals surface area (Å²) < 4.78 is 5.89. The number of carbonyl (C=O) groups is 4. The average molecular weight is 516 g/mol. The minimum Gasteiger partial charge on any atom is -0.393 e. The van der Waals surface area contributed by atoms with E-state index >= 15 is 0 Å². The highest BCUT2D eigenvalue weighted by Crippen LogP contribution is 2.59. The van der Waals surface area contributed by atoms with Crippen LogP contribution in [-0.4, -0.2) is 29.0 Å². The molecular weight excluding hydrogens is 498 g/mol. The summed E-state index contributed by atoms with van der Waals surface area (Å²) >= 11 is 3.43. The number of anilines is 1. The van der Waals surface area contributed by atoms with Crippen LogP contribution in [0.3, 0.4) is 0 Å². The molecule has 3 aromatic carbocycles. The molecule has 2 fully saturated rings. The molecule has 3 aromatic rings. The van der Waals surface area contributed by atoms with Gasteiger partial charge in [0.2, 0.25) is 0 Å². The van der Waals surface area contributed by atoms with Crippen LogP contribution in [0.1, 0.15) is 37.9 Å². The maximum absolute atomic E-state index is 14.1. The molecule has 3 atom stereocenters. The number of ketones is 2. The Morgan fingerprint density at radius 2 is 1.38 bits per heavy atom. The number of halogens is 1. The summed E-state index contributed by atoms with van der Waals surface area (Å²) in [6, 6.07) is 20.6. The summed E-state index contributed by atoms with van der Waals surface area (Å²) in [6.07, 6.45) is 0. The number of esters is 2. The van der Waals surface area contributed by atoms with Crippen molar-refractivity contribution in [1.82, 2.24) is 0 Å². The van der Waals surface area contributed by atoms with Gasteiger partial charge >= 0.3 is 11.9 Å². The topological polar surface area (TPSA) is 80.8 Å². The number of ether oxygens (including phenoxy) is 1. The predicted octanol–water partition coefficient (Wildman–Crippen LogP) is 4.45. The summed E-state index contributed by atoms with van der Waals surface area (Å²) in [7, 11) is 0. The van der Waals surface area contributed by atoms with E-state index in [9.17, 15) is 19.2 Å². The first-order valence-electron chi connectivity index (χ1n) is 10.9. The lowest BCUT2D eigenvalue weighted by Gasteiger charge is -2.39. The summed E-state index contributed by atoms with van der Waals surface area (Å²) in [5.41, 5.74) is 0.923. The standard InChI is InChI=1S/C27H18BrNO5/c1-14-6-8-15(9-7-14)22-20-21(26(33)34-25(20)32)27(29(22)17-12-10-16(28)11-13-17)23(30)18-4-2-3-5-19(18)24(27)31/h2-13,20-22H,1H3/t20-,21-,22+/m1/s1. The first kappa shape index (κ1) is 21.0. The number of nitrogens with zero attached hydrogens (tertiary/aromatic N) is 1. The summed E-state index contributed by atoms with van der Waals surface area (Å²) in [6.45, 7) is 1.95. The zero-order valence-corrected chi connectivity index (χ0v) is 19.6. The quantitative estimate of drug-likeness (QED) is 0.370. The molecule has 2 aliphatic heterocycles. The molecule has 0 unspecified atom stereocenters. The second-order valence-corrected chi connectivity index (χ2v) is 9.83. The van der Waals surface area contributed by atoms with Crippen molar-refractivity contribution in [2.24, 2.45) is 11.8 Å². The van der Waals surface area contributed by atoms with Crippen molar-refractivity contribution in [3.63, 3.8) is 0 Å². The molecule has 0 aromatic heterocycles. The molecule has 34 heavy (non-hydrogen) atoms. The molecule has 168 valence electrons. The molecule has 0 saturated carbocycles. The van der Waals surface area contributed by atoms with E-state index in [1.807, 2.05) is 31.2 Å². The molecule has 6 rings (SSSR count). The third kappa shape index (κ3) is 2.56. The fourth-order valence-electron chi connectivity index (χ4n) is 5.76. The lowest BCUT2D eigenvalue weighted by Crippen LogP contribution is -2.59. The summed E-state index contributed by atoms with van der Waals surface area (Å²) in [4.78, 5) is 56.2. The van der Waals surface area contributed by atoms with E-state index < -0.39 is 46.9 Å². The highest BCUT2D eigenvalue weighted by atomic mass is 79.9. The second kappa shape index (κ2) is 7.21. The van der Waals surface area contributed by atoms with Gasteiger partial charge in [-0.3, -0.25) is 19.2 Å². The van der Waals surface area contributed by atoms with Crippen LogP contribution in [0.15, 0.2) is 77.3 Å². The van der Waals surface area contributed by atoms with Crippen molar-refractivity contribution >= 4 is 45.1 Å². The number of aryl methyl sites for hydroxylation is 1. The Hall–Kier alpha value is -3.58. The number of benzene rings is 3. The maximum Gasteiger partial charge on any atom is 0.320 e.